The second-order valence-corrected chi connectivity index (χ2v) is 6.16. The van der Waals surface area contributed by atoms with E-state index >= 15 is 0 Å². The average molecular weight is 390 g/mol. The molecule has 0 N–H and O–H groups in total. The molecule has 0 aliphatic carbocycles. The maximum atomic E-state index is 12.3. The predicted molar refractivity (Wildman–Crippen MR) is 101 cm³/mol. The Morgan fingerprint density at radius 1 is 1.03 bits per heavy atom. The second kappa shape index (κ2) is 6.79. The average Bonchev–Trinajstić information content (AvgIpc) is 3.43. The molecule has 2 aromatic heterocycles. The van der Waals surface area contributed by atoms with E-state index in [1.165, 1.54) is 6.07 Å². The molecule has 0 unspecified atom stereocenters. The van der Waals surface area contributed by atoms with Crippen molar-refractivity contribution in [2.45, 2.75) is 0 Å². The molecule has 5 rings (SSSR count). The molecule has 1 aliphatic heterocycles. The number of rotatable bonds is 4. The Balaban J connectivity index is 1.50. The van der Waals surface area contributed by atoms with Crippen molar-refractivity contribution in [3.8, 4) is 45.9 Å². The van der Waals surface area contributed by atoms with Crippen LogP contribution in [0.3, 0.4) is 0 Å². The lowest BCUT2D eigenvalue weighted by molar-refractivity contribution is 0.174. The summed E-state index contributed by atoms with van der Waals surface area (Å²) in [5.41, 5.74) is 1.16. The summed E-state index contributed by atoms with van der Waals surface area (Å²) in [5.74, 6) is 2.34. The van der Waals surface area contributed by atoms with Crippen LogP contribution in [0.25, 0.3) is 28.7 Å². The molecular weight excluding hydrogens is 376 g/mol. The van der Waals surface area contributed by atoms with Gasteiger partial charge in [0.25, 0.3) is 5.89 Å². The fourth-order valence-electron chi connectivity index (χ4n) is 2.91. The lowest BCUT2D eigenvalue weighted by Gasteiger charge is -2.06. The minimum absolute atomic E-state index is 0.0329. The fraction of sp³-hybridized carbons (Fsp3) is 0.100. The molecule has 0 saturated carbocycles. The topological polar surface area (TPSA) is 102 Å². The quantitative estimate of drug-likeness (QED) is 0.524. The number of methoxy groups -OCH3 is 1. The fourth-order valence-corrected chi connectivity index (χ4v) is 2.91. The molecule has 3 heterocycles. The summed E-state index contributed by atoms with van der Waals surface area (Å²) in [6.07, 6.45) is 1.57. The Kier molecular flexibility index (Phi) is 3.98. The standard InChI is InChI=1S/C20H14N4O5/c1-26-14-5-3-13(4-6-14)24-9-8-15(25)18(22-24)20-21-19(23-29-20)12-2-7-16-17(10-12)28-11-27-16/h2-10H,11H2,1H3. The number of hydrogen-bond donors (Lipinski definition) is 0. The van der Waals surface area contributed by atoms with Gasteiger partial charge in [-0.15, -0.1) is 0 Å². The first kappa shape index (κ1) is 17.0. The van der Waals surface area contributed by atoms with Crippen LogP contribution in [0.2, 0.25) is 0 Å². The third-order valence-electron chi connectivity index (χ3n) is 4.40. The van der Waals surface area contributed by atoms with Crippen molar-refractivity contribution in [2.75, 3.05) is 13.9 Å². The van der Waals surface area contributed by atoms with Gasteiger partial charge in [0.1, 0.15) is 5.75 Å². The third-order valence-corrected chi connectivity index (χ3v) is 4.40. The van der Waals surface area contributed by atoms with Gasteiger partial charge in [-0.05, 0) is 42.5 Å². The zero-order valence-electron chi connectivity index (χ0n) is 15.2. The molecule has 0 fully saturated rings. The van der Waals surface area contributed by atoms with E-state index in [0.29, 0.717) is 22.9 Å². The van der Waals surface area contributed by atoms with Crippen molar-refractivity contribution in [1.82, 2.24) is 19.9 Å². The Bertz CT molecular complexity index is 1250. The third kappa shape index (κ3) is 3.08. The lowest BCUT2D eigenvalue weighted by Crippen LogP contribution is -2.12. The van der Waals surface area contributed by atoms with Crippen LogP contribution in [0.15, 0.2) is 64.0 Å². The van der Waals surface area contributed by atoms with Crippen LogP contribution < -0.4 is 19.6 Å². The van der Waals surface area contributed by atoms with Crippen LogP contribution in [0.5, 0.6) is 17.2 Å². The predicted octanol–water partition coefficient (Wildman–Crippen LogP) is 2.69. The zero-order valence-corrected chi connectivity index (χ0v) is 15.2. The highest BCUT2D eigenvalue weighted by Gasteiger charge is 2.19. The first-order valence-corrected chi connectivity index (χ1v) is 8.70. The van der Waals surface area contributed by atoms with Gasteiger partial charge < -0.3 is 18.7 Å². The van der Waals surface area contributed by atoms with Gasteiger partial charge in [-0.25, -0.2) is 4.68 Å². The summed E-state index contributed by atoms with van der Waals surface area (Å²) in [5, 5.41) is 8.32. The zero-order chi connectivity index (χ0) is 19.8. The van der Waals surface area contributed by atoms with Gasteiger partial charge in [0.2, 0.25) is 18.0 Å². The number of benzene rings is 2. The van der Waals surface area contributed by atoms with Crippen LogP contribution in [0.4, 0.5) is 0 Å². The van der Waals surface area contributed by atoms with Crippen LogP contribution in [-0.2, 0) is 0 Å². The Hall–Kier alpha value is -4.14. The molecule has 0 atom stereocenters. The molecule has 29 heavy (non-hydrogen) atoms. The van der Waals surface area contributed by atoms with Gasteiger partial charge in [-0.1, -0.05) is 5.16 Å². The van der Waals surface area contributed by atoms with Crippen molar-refractivity contribution >= 4 is 0 Å². The molecule has 2 aromatic carbocycles. The van der Waals surface area contributed by atoms with Gasteiger partial charge in [0.05, 0.1) is 12.8 Å². The molecule has 0 bridgehead atoms. The molecule has 4 aromatic rings. The summed E-state index contributed by atoms with van der Waals surface area (Å²) in [4.78, 5) is 16.7. The van der Waals surface area contributed by atoms with E-state index in [2.05, 4.69) is 15.2 Å². The first-order valence-electron chi connectivity index (χ1n) is 8.70. The highest BCUT2D eigenvalue weighted by Crippen LogP contribution is 2.35. The molecule has 0 spiro atoms. The summed E-state index contributed by atoms with van der Waals surface area (Å²) in [7, 11) is 1.60. The summed E-state index contributed by atoms with van der Waals surface area (Å²) in [6, 6.07) is 14.0. The summed E-state index contributed by atoms with van der Waals surface area (Å²) in [6.45, 7) is 0.176. The highest BCUT2D eigenvalue weighted by molar-refractivity contribution is 5.63. The van der Waals surface area contributed by atoms with E-state index in [9.17, 15) is 4.79 Å². The van der Waals surface area contributed by atoms with Gasteiger partial charge in [-0.2, -0.15) is 10.1 Å². The van der Waals surface area contributed by atoms with Gasteiger partial charge in [-0.3, -0.25) is 4.79 Å². The number of ether oxygens (including phenoxy) is 3. The SMILES string of the molecule is COc1ccc(-n2ccc(=O)c(-c3nc(-c4ccc5c(c4)OCO5)no3)n2)cc1. The van der Waals surface area contributed by atoms with Crippen LogP contribution >= 0.6 is 0 Å². The lowest BCUT2D eigenvalue weighted by atomic mass is 10.2. The molecule has 144 valence electrons. The second-order valence-electron chi connectivity index (χ2n) is 6.16. The van der Waals surface area contributed by atoms with Crippen molar-refractivity contribution in [3.63, 3.8) is 0 Å². The van der Waals surface area contributed by atoms with Gasteiger partial charge in [0, 0.05) is 17.8 Å². The van der Waals surface area contributed by atoms with Crippen LogP contribution in [0, 0.1) is 0 Å². The minimum atomic E-state index is -0.323. The van der Waals surface area contributed by atoms with E-state index in [1.807, 2.05) is 12.1 Å². The van der Waals surface area contributed by atoms with E-state index in [-0.39, 0.29) is 23.8 Å². The number of nitrogens with zero attached hydrogens (tertiary/aromatic N) is 4. The minimum Gasteiger partial charge on any atom is -0.497 e. The van der Waals surface area contributed by atoms with Crippen molar-refractivity contribution in [3.05, 3.63) is 65.0 Å². The number of fused-ring (bicyclic) bond motifs is 1. The molecular formula is C20H14N4O5. The molecule has 0 saturated heterocycles. The van der Waals surface area contributed by atoms with Crippen LogP contribution in [-0.4, -0.2) is 33.8 Å². The van der Waals surface area contributed by atoms with Crippen molar-refractivity contribution in [2.24, 2.45) is 0 Å². The van der Waals surface area contributed by atoms with Gasteiger partial charge >= 0.3 is 0 Å². The van der Waals surface area contributed by atoms with E-state index in [1.54, 1.807) is 48.3 Å². The monoisotopic (exact) mass is 390 g/mol. The summed E-state index contributed by atoms with van der Waals surface area (Å²) >= 11 is 0. The molecule has 0 radical (unpaired) electrons. The normalized spacial score (nSPS) is 12.2. The smallest absolute Gasteiger partial charge is 0.282 e. The first-order chi connectivity index (χ1) is 14.2. The van der Waals surface area contributed by atoms with E-state index in [0.717, 1.165) is 11.4 Å². The number of aromatic nitrogens is 4. The maximum Gasteiger partial charge on any atom is 0.282 e. The molecule has 1 aliphatic rings. The van der Waals surface area contributed by atoms with Crippen molar-refractivity contribution in [1.29, 1.82) is 0 Å². The highest BCUT2D eigenvalue weighted by atomic mass is 16.7. The molecule has 9 nitrogen and oxygen atoms in total. The van der Waals surface area contributed by atoms with E-state index in [4.69, 9.17) is 18.7 Å². The Morgan fingerprint density at radius 2 is 1.86 bits per heavy atom. The number of hydrogen-bond acceptors (Lipinski definition) is 8. The summed E-state index contributed by atoms with van der Waals surface area (Å²) < 4.78 is 22.7. The largest absolute Gasteiger partial charge is 0.497 e. The van der Waals surface area contributed by atoms with Crippen LogP contribution in [0.1, 0.15) is 0 Å². The Labute approximate surface area is 164 Å². The van der Waals surface area contributed by atoms with E-state index < -0.39 is 0 Å². The van der Waals surface area contributed by atoms with Crippen molar-refractivity contribution < 1.29 is 18.7 Å². The molecule has 0 amide bonds. The van der Waals surface area contributed by atoms with Gasteiger partial charge in [0.15, 0.2) is 17.2 Å². The maximum absolute atomic E-state index is 12.3. The molecule has 9 heteroatoms. The Morgan fingerprint density at radius 3 is 2.69 bits per heavy atom.